The molecule has 3 aromatic carbocycles. The Morgan fingerprint density at radius 3 is 1.02 bits per heavy atom. The Hall–Kier alpha value is -5.18. The normalized spacial score (nSPS) is 14.4. The molecule has 0 amide bonds. The summed E-state index contributed by atoms with van der Waals surface area (Å²) in [6.45, 7) is 26.6. The second-order valence-corrected chi connectivity index (χ2v) is 38.4. The maximum absolute atomic E-state index is 13.8. The van der Waals surface area contributed by atoms with E-state index in [2.05, 4.69) is 70.1 Å². The Balaban J connectivity index is 0.000000207. The summed E-state index contributed by atoms with van der Waals surface area (Å²) in [7, 11) is 4.76. The fraction of sp³-hybridized carbons (Fsp3) is 0.512. The van der Waals surface area contributed by atoms with Gasteiger partial charge >= 0.3 is 62.0 Å². The van der Waals surface area contributed by atoms with Crippen molar-refractivity contribution >= 4 is 156 Å². The molecule has 27 heteroatoms. The van der Waals surface area contributed by atoms with Crippen LogP contribution >= 0.6 is 107 Å². The van der Waals surface area contributed by atoms with Crippen LogP contribution in [0.15, 0.2) is 124 Å². The Morgan fingerprint density at radius 2 is 0.771 bits per heavy atom. The number of fused-ring (bicyclic) bond motifs is 3. The van der Waals surface area contributed by atoms with Crippen LogP contribution in [-0.2, 0) is 96.7 Å². The number of hydrogen-bond donors (Lipinski definition) is 1. The average molecular weight is 1880 g/mol. The number of benzene rings is 3. The molecule has 4 saturated carbocycles. The number of carboxylic acid groups (broad SMARTS) is 1. The summed E-state index contributed by atoms with van der Waals surface area (Å²) >= 11 is 18.7. The van der Waals surface area contributed by atoms with Crippen LogP contribution in [-0.4, -0.2) is 77.1 Å². The third-order valence-corrected chi connectivity index (χ3v) is 27.3. The van der Waals surface area contributed by atoms with Crippen LogP contribution in [0.1, 0.15) is 209 Å². The van der Waals surface area contributed by atoms with Crippen molar-refractivity contribution in [3.63, 3.8) is 0 Å². The molecule has 18 nitrogen and oxygen atoms in total. The molecule has 0 saturated heterocycles. The van der Waals surface area contributed by atoms with Crippen molar-refractivity contribution in [1.29, 1.82) is 0 Å². The van der Waals surface area contributed by atoms with Crippen molar-refractivity contribution in [3.8, 4) is 0 Å². The molecule has 6 aromatic heterocycles. The summed E-state index contributed by atoms with van der Waals surface area (Å²) in [5.74, 6) is -1.53. The van der Waals surface area contributed by atoms with E-state index in [-0.39, 0.29) is 0 Å². The van der Waals surface area contributed by atoms with Crippen LogP contribution in [0.25, 0.3) is 30.6 Å². The third kappa shape index (κ3) is 22.4. The minimum atomic E-state index is -1.63. The second kappa shape index (κ2) is 39.7. The fourth-order valence-corrected chi connectivity index (χ4v) is 17.5. The number of aliphatic carboxylic acids is 1. The molecule has 4 aliphatic rings. The van der Waals surface area contributed by atoms with E-state index in [0.29, 0.717) is 81.4 Å². The van der Waals surface area contributed by atoms with E-state index >= 15 is 0 Å². The van der Waals surface area contributed by atoms with Gasteiger partial charge in [0, 0.05) is 44.9 Å². The van der Waals surface area contributed by atoms with E-state index in [9.17, 15) is 48.3 Å². The summed E-state index contributed by atoms with van der Waals surface area (Å²) in [4.78, 5) is 124. The van der Waals surface area contributed by atoms with Gasteiger partial charge in [0.2, 0.25) is 0 Å². The number of thiophene rings is 3. The first-order valence-electron chi connectivity index (χ1n) is 37.0. The zero-order chi connectivity index (χ0) is 80.8. The predicted molar refractivity (Wildman–Crippen MR) is 457 cm³/mol. The Morgan fingerprint density at radius 1 is 0.486 bits per heavy atom. The number of alkyl halides is 3. The van der Waals surface area contributed by atoms with Crippen molar-refractivity contribution in [2.75, 3.05) is 10.7 Å². The number of aryl methyl sites for hydroxylation is 9. The van der Waals surface area contributed by atoms with Gasteiger partial charge in [0.05, 0.1) is 19.9 Å². The van der Waals surface area contributed by atoms with Gasteiger partial charge in [-0.05, 0) is 223 Å². The van der Waals surface area contributed by atoms with Gasteiger partial charge in [-0.2, -0.15) is 12.8 Å². The van der Waals surface area contributed by atoms with Crippen molar-refractivity contribution < 1.29 is 46.3 Å². The SMILES string of the molecule is BrC1CCC1.BrCCBr.Cc1c(Br)sc2c1c(=O)n(C(C)(C)C(=O)OC(C)(C)C)c(=O)n2CCc1ccccc1.Cc1c(C2CC2)sc2c1c(=O)n(C(C)(C)C(=O)O)c(=O)n2CCc1ccccc1.Cc1c(C2CCC2)sc2c1c(=O)n(C(C)(C)C(=O)OC(C)(C)C)c(=O)n2CCc1ccccc1.[CH-]1CCC1.[Cl][Zn+]. The van der Waals surface area contributed by atoms with Crippen molar-refractivity contribution in [3.05, 3.63) is 207 Å². The number of carboxylic acids is 1. The van der Waals surface area contributed by atoms with Gasteiger partial charge in [-0.25, -0.2) is 42.5 Å². The number of aromatic nitrogens is 6. The van der Waals surface area contributed by atoms with Gasteiger partial charge < -0.3 is 21.0 Å². The topological polar surface area (TPSA) is 222 Å². The summed E-state index contributed by atoms with van der Waals surface area (Å²) in [5.41, 5.74) is -3.10. The van der Waals surface area contributed by atoms with E-state index in [1.807, 2.05) is 112 Å². The molecule has 9 aromatic rings. The summed E-state index contributed by atoms with van der Waals surface area (Å²) in [5, 5.41) is 13.3. The van der Waals surface area contributed by atoms with Gasteiger partial charge in [0.1, 0.15) is 42.3 Å². The monoisotopic (exact) mass is 1870 g/mol. The van der Waals surface area contributed by atoms with Gasteiger partial charge in [0.25, 0.3) is 16.7 Å². The summed E-state index contributed by atoms with van der Waals surface area (Å²) in [6.07, 6.45) is 18.2. The Labute approximate surface area is 698 Å². The summed E-state index contributed by atoms with van der Waals surface area (Å²) in [6, 6.07) is 29.6. The molecule has 0 bridgehead atoms. The van der Waals surface area contributed by atoms with Gasteiger partial charge in [-0.1, -0.05) is 152 Å². The first kappa shape index (κ1) is 91.0. The molecular formula is C82H103Br4ClN6O12S3Zn. The standard InChI is InChI=1S/C27H34N2O4S.C23H27BrN2O4S.C22H24N2O4S.C4H7Br.C4H7.C2H4Br2.ClH.Zn/c1-17-20-22(30)29(27(5,6)24(31)33-26(2,3)4)25(32)28(16-15-18-11-8-7-9-12-18)23(20)34-21(17)19-13-10-14-19;1-14-16-18(27)26(23(5,6)20(28)30-22(2,3)4)21(29)25(19(16)31-17(14)24)13-12-15-10-8-7-9-11-15;1-13-16-18(25)24(22(2,3)20(26)27)21(28)23(12-11-14-7-5-4-6-8-14)19(16)29-17(13)15-9-10-15;5-4-2-1-3-4;1-2-4-3-1;3-1-2-4;;/h7-9,11-12,19H,10,13-16H2,1-6H3;7-11H,12-13H2,1-6H3;4-8,15H,9-12H2,1-3H3,(H,26,27);4H,1-3H2;1H,2-4H2;1-2H2;1H;/q;;;;-1;;;+2/p-1. The van der Waals surface area contributed by atoms with E-state index < -0.39 is 79.5 Å². The van der Waals surface area contributed by atoms with Crippen LogP contribution < -0.4 is 33.7 Å². The molecule has 0 aliphatic heterocycles. The molecular weight excluding hydrogens is 1780 g/mol. The number of ether oxygens (including phenoxy) is 2. The van der Waals surface area contributed by atoms with E-state index in [0.717, 1.165) is 114 Å². The van der Waals surface area contributed by atoms with E-state index in [1.54, 1.807) is 94.3 Å². The Bertz CT molecular complexity index is 5000. The van der Waals surface area contributed by atoms with E-state index in [4.69, 9.17) is 19.2 Å². The number of esters is 2. The molecule has 4 aliphatic carbocycles. The van der Waals surface area contributed by atoms with E-state index in [1.165, 1.54) is 86.3 Å². The molecule has 588 valence electrons. The average Bonchev–Trinajstić information content (AvgIpc) is 1.67. The van der Waals surface area contributed by atoms with Crippen LogP contribution in [0.2, 0.25) is 0 Å². The van der Waals surface area contributed by atoms with Gasteiger partial charge in [0.15, 0.2) is 0 Å². The first-order valence-corrected chi connectivity index (χ1v) is 47.3. The summed E-state index contributed by atoms with van der Waals surface area (Å²) < 4.78 is 19.9. The number of rotatable bonds is 18. The molecule has 109 heavy (non-hydrogen) atoms. The minimum absolute atomic E-state index is 0.385. The van der Waals surface area contributed by atoms with Crippen LogP contribution in [0.4, 0.5) is 0 Å². The number of carbonyl (C=O) groups is 3. The number of carbonyl (C=O) groups excluding carboxylic acids is 2. The Kier molecular flexibility index (Phi) is 33.2. The zero-order valence-electron chi connectivity index (χ0n) is 65.3. The number of hydrogen-bond acceptors (Lipinski definition) is 14. The predicted octanol–water partition coefficient (Wildman–Crippen LogP) is 19.0. The van der Waals surface area contributed by atoms with Crippen LogP contribution in [0.3, 0.4) is 0 Å². The number of halogens is 5. The molecule has 0 spiro atoms. The van der Waals surface area contributed by atoms with Crippen LogP contribution in [0.5, 0.6) is 0 Å². The van der Waals surface area contributed by atoms with Gasteiger partial charge in [-0.15, -0.1) is 40.4 Å². The van der Waals surface area contributed by atoms with Crippen molar-refractivity contribution in [2.24, 2.45) is 0 Å². The van der Waals surface area contributed by atoms with Crippen LogP contribution in [0, 0.1) is 27.2 Å². The molecule has 0 unspecified atom stereocenters. The zero-order valence-corrected chi connectivity index (χ0v) is 77.9. The quantitative estimate of drug-likeness (QED) is 0.0367. The second-order valence-electron chi connectivity index (χ2n) is 31.2. The molecule has 13 rings (SSSR count). The third-order valence-electron chi connectivity index (χ3n) is 19.4. The first-order chi connectivity index (χ1) is 51.3. The van der Waals surface area contributed by atoms with Crippen molar-refractivity contribution in [2.45, 2.75) is 258 Å². The number of nitrogens with zero attached hydrogens (tertiary/aromatic N) is 6. The van der Waals surface area contributed by atoms with Gasteiger partial charge in [-0.3, -0.25) is 28.1 Å². The molecule has 0 atom stereocenters. The molecule has 0 radical (unpaired) electrons. The molecule has 1 N–H and O–H groups in total. The fourth-order valence-electron chi connectivity index (χ4n) is 12.2. The molecule has 4 fully saturated rings. The molecule has 6 heterocycles. The van der Waals surface area contributed by atoms with Crippen molar-refractivity contribution in [1.82, 2.24) is 27.4 Å². The maximum atomic E-state index is 13.8.